The monoisotopic (exact) mass is 381 g/mol. The number of aryl methyl sites for hydroxylation is 1. The zero-order chi connectivity index (χ0) is 20.3. The molecule has 0 saturated heterocycles. The summed E-state index contributed by atoms with van der Waals surface area (Å²) in [5.41, 5.74) is 3.82. The number of ether oxygens (including phenoxy) is 1. The summed E-state index contributed by atoms with van der Waals surface area (Å²) in [5, 5.41) is 5.69. The minimum Gasteiger partial charge on any atom is -0.477 e. The molecule has 0 bridgehead atoms. The molecule has 6 heteroatoms. The van der Waals surface area contributed by atoms with Gasteiger partial charge >= 0.3 is 0 Å². The van der Waals surface area contributed by atoms with E-state index < -0.39 is 6.10 Å². The van der Waals surface area contributed by atoms with E-state index in [2.05, 4.69) is 24.5 Å². The number of benzene rings is 2. The Kier molecular flexibility index (Phi) is 5.87. The number of hydrogen-bond acceptors (Lipinski definition) is 4. The SMILES string of the molecule is CNC(=O)[C@@H]1CN(CC(=O)Nc2c(C)cccc2C(C)C)c2ccccc2O1. The molecule has 0 saturated carbocycles. The van der Waals surface area contributed by atoms with Gasteiger partial charge in [-0.3, -0.25) is 9.59 Å². The highest BCUT2D eigenvalue weighted by molar-refractivity contribution is 5.96. The number of nitrogens with one attached hydrogen (secondary N) is 2. The van der Waals surface area contributed by atoms with Crippen molar-refractivity contribution in [1.29, 1.82) is 0 Å². The third-order valence-electron chi connectivity index (χ3n) is 4.93. The number of rotatable bonds is 5. The van der Waals surface area contributed by atoms with E-state index in [1.807, 2.05) is 54.3 Å². The van der Waals surface area contributed by atoms with Crippen molar-refractivity contribution in [3.63, 3.8) is 0 Å². The topological polar surface area (TPSA) is 70.7 Å². The van der Waals surface area contributed by atoms with E-state index in [0.717, 1.165) is 22.5 Å². The number of hydrogen-bond donors (Lipinski definition) is 2. The smallest absolute Gasteiger partial charge is 0.262 e. The van der Waals surface area contributed by atoms with Crippen LogP contribution in [0.2, 0.25) is 0 Å². The van der Waals surface area contributed by atoms with Gasteiger partial charge in [0.2, 0.25) is 5.91 Å². The number of anilines is 2. The normalized spacial score (nSPS) is 15.6. The lowest BCUT2D eigenvalue weighted by Crippen LogP contribution is -2.50. The summed E-state index contributed by atoms with van der Waals surface area (Å²) in [6.45, 7) is 6.66. The first-order chi connectivity index (χ1) is 13.4. The minimum absolute atomic E-state index is 0.122. The van der Waals surface area contributed by atoms with Crippen molar-refractivity contribution in [2.24, 2.45) is 0 Å². The Hall–Kier alpha value is -3.02. The summed E-state index contributed by atoms with van der Waals surface area (Å²) in [7, 11) is 1.58. The fourth-order valence-corrected chi connectivity index (χ4v) is 3.45. The lowest BCUT2D eigenvalue weighted by Gasteiger charge is -2.35. The van der Waals surface area contributed by atoms with E-state index in [-0.39, 0.29) is 18.4 Å². The van der Waals surface area contributed by atoms with Gasteiger partial charge in [0.05, 0.1) is 18.8 Å². The number of amides is 2. The zero-order valence-corrected chi connectivity index (χ0v) is 16.8. The van der Waals surface area contributed by atoms with Crippen LogP contribution in [0.15, 0.2) is 42.5 Å². The molecule has 6 nitrogen and oxygen atoms in total. The molecule has 1 heterocycles. The molecular weight excluding hydrogens is 354 g/mol. The Bertz CT molecular complexity index is 879. The predicted molar refractivity (Wildman–Crippen MR) is 111 cm³/mol. The van der Waals surface area contributed by atoms with Crippen LogP contribution in [0.1, 0.15) is 30.9 Å². The molecule has 3 rings (SSSR count). The number of carbonyl (C=O) groups excluding carboxylic acids is 2. The molecule has 0 unspecified atom stereocenters. The van der Waals surface area contributed by atoms with E-state index in [9.17, 15) is 9.59 Å². The molecule has 1 aliphatic heterocycles. The number of likely N-dealkylation sites (N-methyl/N-ethyl adjacent to an activating group) is 1. The van der Waals surface area contributed by atoms with Crippen LogP contribution in [-0.4, -0.2) is 38.1 Å². The van der Waals surface area contributed by atoms with E-state index >= 15 is 0 Å². The molecule has 2 aromatic carbocycles. The lowest BCUT2D eigenvalue weighted by atomic mass is 9.98. The number of carbonyl (C=O) groups is 2. The fraction of sp³-hybridized carbons (Fsp3) is 0.364. The molecule has 0 radical (unpaired) electrons. The predicted octanol–water partition coefficient (Wildman–Crippen LogP) is 3.07. The maximum atomic E-state index is 12.9. The number of para-hydroxylation sites is 3. The van der Waals surface area contributed by atoms with Gasteiger partial charge in [-0.15, -0.1) is 0 Å². The summed E-state index contributed by atoms with van der Waals surface area (Å²) < 4.78 is 5.80. The summed E-state index contributed by atoms with van der Waals surface area (Å²) >= 11 is 0. The molecule has 0 spiro atoms. The zero-order valence-electron chi connectivity index (χ0n) is 16.8. The average Bonchev–Trinajstić information content (AvgIpc) is 2.68. The Morgan fingerprint density at radius 3 is 2.64 bits per heavy atom. The van der Waals surface area contributed by atoms with Crippen LogP contribution < -0.4 is 20.3 Å². The van der Waals surface area contributed by atoms with Crippen molar-refractivity contribution in [2.45, 2.75) is 32.8 Å². The van der Waals surface area contributed by atoms with Crippen LogP contribution in [0.5, 0.6) is 5.75 Å². The third-order valence-corrected chi connectivity index (χ3v) is 4.93. The van der Waals surface area contributed by atoms with Gasteiger partial charge in [0.25, 0.3) is 5.91 Å². The van der Waals surface area contributed by atoms with Crippen molar-refractivity contribution in [3.05, 3.63) is 53.6 Å². The Balaban J connectivity index is 1.81. The number of fused-ring (bicyclic) bond motifs is 1. The molecule has 28 heavy (non-hydrogen) atoms. The van der Waals surface area contributed by atoms with E-state index in [4.69, 9.17) is 4.74 Å². The van der Waals surface area contributed by atoms with Crippen LogP contribution in [-0.2, 0) is 9.59 Å². The van der Waals surface area contributed by atoms with Gasteiger partial charge in [-0.1, -0.05) is 44.2 Å². The van der Waals surface area contributed by atoms with Crippen LogP contribution in [0.25, 0.3) is 0 Å². The van der Waals surface area contributed by atoms with Crippen LogP contribution in [0.3, 0.4) is 0 Å². The maximum Gasteiger partial charge on any atom is 0.262 e. The lowest BCUT2D eigenvalue weighted by molar-refractivity contribution is -0.127. The van der Waals surface area contributed by atoms with Crippen LogP contribution in [0, 0.1) is 6.92 Å². The van der Waals surface area contributed by atoms with Gasteiger partial charge in [-0.2, -0.15) is 0 Å². The van der Waals surface area contributed by atoms with Gasteiger partial charge in [-0.05, 0) is 36.1 Å². The van der Waals surface area contributed by atoms with Crippen molar-refractivity contribution in [3.8, 4) is 5.75 Å². The van der Waals surface area contributed by atoms with E-state index in [0.29, 0.717) is 18.2 Å². The fourth-order valence-electron chi connectivity index (χ4n) is 3.45. The summed E-state index contributed by atoms with van der Waals surface area (Å²) in [5.74, 6) is 0.579. The second kappa shape index (κ2) is 8.33. The molecule has 148 valence electrons. The Morgan fingerprint density at radius 1 is 1.18 bits per heavy atom. The van der Waals surface area contributed by atoms with E-state index in [1.54, 1.807) is 7.05 Å². The number of nitrogens with zero attached hydrogens (tertiary/aromatic N) is 1. The minimum atomic E-state index is -0.655. The van der Waals surface area contributed by atoms with Crippen molar-refractivity contribution < 1.29 is 14.3 Å². The maximum absolute atomic E-state index is 12.9. The third kappa shape index (κ3) is 4.11. The molecule has 0 aliphatic carbocycles. The highest BCUT2D eigenvalue weighted by atomic mass is 16.5. The van der Waals surface area contributed by atoms with Gasteiger partial charge in [0.1, 0.15) is 5.75 Å². The summed E-state index contributed by atoms with van der Waals surface area (Å²) in [4.78, 5) is 26.9. The average molecular weight is 381 g/mol. The molecule has 0 aromatic heterocycles. The van der Waals surface area contributed by atoms with E-state index in [1.165, 1.54) is 0 Å². The molecule has 2 aromatic rings. The van der Waals surface area contributed by atoms with Crippen LogP contribution in [0.4, 0.5) is 11.4 Å². The molecule has 1 aliphatic rings. The summed E-state index contributed by atoms with van der Waals surface area (Å²) in [6.07, 6.45) is -0.655. The standard InChI is InChI=1S/C22H27N3O3/c1-14(2)16-9-7-8-15(3)21(16)24-20(26)13-25-12-19(22(27)23-4)28-18-11-6-5-10-17(18)25/h5-11,14,19H,12-13H2,1-4H3,(H,23,27)(H,24,26)/t19-/m0/s1. The van der Waals surface area contributed by atoms with Gasteiger partial charge in [0, 0.05) is 12.7 Å². The molecule has 0 fully saturated rings. The van der Waals surface area contributed by atoms with Gasteiger partial charge in [-0.25, -0.2) is 0 Å². The second-order valence-electron chi connectivity index (χ2n) is 7.31. The van der Waals surface area contributed by atoms with Crippen molar-refractivity contribution >= 4 is 23.2 Å². The highest BCUT2D eigenvalue weighted by Crippen LogP contribution is 2.33. The van der Waals surface area contributed by atoms with Crippen molar-refractivity contribution in [2.75, 3.05) is 30.4 Å². The molecular formula is C22H27N3O3. The first-order valence-electron chi connectivity index (χ1n) is 9.52. The van der Waals surface area contributed by atoms with Crippen LogP contribution >= 0.6 is 0 Å². The quantitative estimate of drug-likeness (QED) is 0.835. The van der Waals surface area contributed by atoms with Crippen molar-refractivity contribution in [1.82, 2.24) is 5.32 Å². The Morgan fingerprint density at radius 2 is 1.93 bits per heavy atom. The highest BCUT2D eigenvalue weighted by Gasteiger charge is 2.31. The van der Waals surface area contributed by atoms with Gasteiger partial charge in [0.15, 0.2) is 6.10 Å². The summed E-state index contributed by atoms with van der Waals surface area (Å²) in [6, 6.07) is 13.5. The molecule has 2 amide bonds. The molecule has 2 N–H and O–H groups in total. The first-order valence-corrected chi connectivity index (χ1v) is 9.52. The Labute approximate surface area is 165 Å². The van der Waals surface area contributed by atoms with Gasteiger partial charge < -0.3 is 20.3 Å². The second-order valence-corrected chi connectivity index (χ2v) is 7.31. The molecule has 1 atom stereocenters. The largest absolute Gasteiger partial charge is 0.477 e. The first kappa shape index (κ1) is 19.7.